The molecule has 0 radical (unpaired) electrons. The molecular weight excluding hydrogens is 366 g/mol. The molecular formula is C20H28ClN3O3. The molecule has 27 heavy (non-hydrogen) atoms. The van der Waals surface area contributed by atoms with Gasteiger partial charge in [-0.3, -0.25) is 9.69 Å². The molecule has 1 atom stereocenters. The number of nitrogens with one attached hydrogen (secondary N) is 1. The minimum atomic E-state index is -0.756. The van der Waals surface area contributed by atoms with Gasteiger partial charge in [0, 0.05) is 37.2 Å². The lowest BCUT2D eigenvalue weighted by Gasteiger charge is -2.37. The van der Waals surface area contributed by atoms with E-state index in [2.05, 4.69) is 16.3 Å². The van der Waals surface area contributed by atoms with Crippen molar-refractivity contribution in [2.24, 2.45) is 5.92 Å². The molecule has 7 heteroatoms. The van der Waals surface area contributed by atoms with Gasteiger partial charge in [-0.2, -0.15) is 0 Å². The SMILES string of the molecule is O=C(O)C1CCN(C(=O)NCC2CCCCN2Cc2cccc(Cl)c2)CC1. The summed E-state index contributed by atoms with van der Waals surface area (Å²) < 4.78 is 0. The number of aliphatic carboxylic acids is 1. The summed E-state index contributed by atoms with van der Waals surface area (Å²) in [5.41, 5.74) is 1.19. The molecule has 0 aliphatic carbocycles. The Kier molecular flexibility index (Phi) is 6.96. The van der Waals surface area contributed by atoms with Gasteiger partial charge in [0.2, 0.25) is 0 Å². The molecule has 1 aromatic carbocycles. The molecule has 0 aromatic heterocycles. The second-order valence-electron chi connectivity index (χ2n) is 7.54. The lowest BCUT2D eigenvalue weighted by molar-refractivity contribution is -0.143. The third-order valence-corrected chi connectivity index (χ3v) is 5.88. The first-order chi connectivity index (χ1) is 13.0. The molecule has 2 aliphatic heterocycles. The van der Waals surface area contributed by atoms with Crippen LogP contribution in [0.4, 0.5) is 4.79 Å². The summed E-state index contributed by atoms with van der Waals surface area (Å²) in [5.74, 6) is -1.07. The van der Waals surface area contributed by atoms with E-state index in [0.717, 1.165) is 24.5 Å². The van der Waals surface area contributed by atoms with Crippen LogP contribution in [0.3, 0.4) is 0 Å². The molecule has 0 bridgehead atoms. The molecule has 2 fully saturated rings. The van der Waals surface area contributed by atoms with E-state index >= 15 is 0 Å². The lowest BCUT2D eigenvalue weighted by atomic mass is 9.97. The molecule has 0 spiro atoms. The predicted octanol–water partition coefficient (Wildman–Crippen LogP) is 3.20. The zero-order valence-electron chi connectivity index (χ0n) is 15.6. The average molecular weight is 394 g/mol. The summed E-state index contributed by atoms with van der Waals surface area (Å²) in [7, 11) is 0. The van der Waals surface area contributed by atoms with E-state index < -0.39 is 5.97 Å². The summed E-state index contributed by atoms with van der Waals surface area (Å²) in [5, 5.41) is 12.9. The standard InChI is InChI=1S/C20H28ClN3O3/c21-17-5-3-4-15(12-17)14-24-9-2-1-6-18(24)13-22-20(27)23-10-7-16(8-11-23)19(25)26/h3-5,12,16,18H,1-2,6-11,13-14H2,(H,22,27)(H,25,26). The minimum Gasteiger partial charge on any atom is -0.481 e. The number of carbonyl (C=O) groups is 2. The molecule has 2 amide bonds. The first kappa shape index (κ1) is 20.0. The zero-order valence-corrected chi connectivity index (χ0v) is 16.3. The van der Waals surface area contributed by atoms with Crippen molar-refractivity contribution in [1.29, 1.82) is 0 Å². The highest BCUT2D eigenvalue weighted by atomic mass is 35.5. The lowest BCUT2D eigenvalue weighted by Crippen LogP contribution is -2.50. The van der Waals surface area contributed by atoms with E-state index in [1.807, 2.05) is 18.2 Å². The molecule has 2 N–H and O–H groups in total. The summed E-state index contributed by atoms with van der Waals surface area (Å²) in [4.78, 5) is 27.7. The highest BCUT2D eigenvalue weighted by Gasteiger charge is 2.28. The largest absolute Gasteiger partial charge is 0.481 e. The number of benzene rings is 1. The van der Waals surface area contributed by atoms with Crippen molar-refractivity contribution < 1.29 is 14.7 Å². The Morgan fingerprint density at radius 1 is 1.15 bits per heavy atom. The van der Waals surface area contributed by atoms with Crippen LogP contribution >= 0.6 is 11.6 Å². The Labute approximate surface area is 165 Å². The van der Waals surface area contributed by atoms with Gasteiger partial charge in [0.1, 0.15) is 0 Å². The van der Waals surface area contributed by atoms with E-state index in [0.29, 0.717) is 38.5 Å². The second kappa shape index (κ2) is 9.42. The first-order valence-corrected chi connectivity index (χ1v) is 10.1. The maximum Gasteiger partial charge on any atom is 0.317 e. The van der Waals surface area contributed by atoms with Crippen LogP contribution in [-0.4, -0.2) is 59.1 Å². The van der Waals surface area contributed by atoms with Crippen molar-refractivity contribution in [2.45, 2.75) is 44.7 Å². The van der Waals surface area contributed by atoms with Crippen molar-refractivity contribution in [2.75, 3.05) is 26.2 Å². The number of carbonyl (C=O) groups excluding carboxylic acids is 1. The highest BCUT2D eigenvalue weighted by molar-refractivity contribution is 6.30. The third kappa shape index (κ3) is 5.59. The fourth-order valence-corrected chi connectivity index (χ4v) is 4.23. The topological polar surface area (TPSA) is 72.9 Å². The molecule has 1 unspecified atom stereocenters. The first-order valence-electron chi connectivity index (χ1n) is 9.77. The number of hydrogen-bond acceptors (Lipinski definition) is 3. The molecule has 1 aromatic rings. The molecule has 2 aliphatic rings. The number of nitrogens with zero attached hydrogens (tertiary/aromatic N) is 2. The Balaban J connectivity index is 1.49. The van der Waals surface area contributed by atoms with Gasteiger partial charge in [-0.05, 0) is 49.9 Å². The van der Waals surface area contributed by atoms with Gasteiger partial charge < -0.3 is 15.3 Å². The summed E-state index contributed by atoms with van der Waals surface area (Å²) in [6.07, 6.45) is 4.49. The number of rotatable bonds is 5. The fourth-order valence-electron chi connectivity index (χ4n) is 4.02. The quantitative estimate of drug-likeness (QED) is 0.805. The molecule has 0 saturated carbocycles. The molecule has 6 nitrogen and oxygen atoms in total. The zero-order chi connectivity index (χ0) is 19.2. The number of carboxylic acid groups (broad SMARTS) is 1. The van der Waals surface area contributed by atoms with E-state index in [1.54, 1.807) is 4.90 Å². The Hall–Kier alpha value is -1.79. The summed E-state index contributed by atoms with van der Waals surface area (Å²) in [6.45, 7) is 3.51. The second-order valence-corrected chi connectivity index (χ2v) is 7.97. The average Bonchev–Trinajstić information content (AvgIpc) is 2.67. The monoisotopic (exact) mass is 393 g/mol. The van der Waals surface area contributed by atoms with Crippen molar-refractivity contribution in [3.8, 4) is 0 Å². The maximum absolute atomic E-state index is 12.5. The van der Waals surface area contributed by atoms with Crippen LogP contribution in [0, 0.1) is 5.92 Å². The van der Waals surface area contributed by atoms with Gasteiger partial charge in [0.15, 0.2) is 0 Å². The highest BCUT2D eigenvalue weighted by Crippen LogP contribution is 2.21. The van der Waals surface area contributed by atoms with Crippen molar-refractivity contribution in [3.05, 3.63) is 34.9 Å². The van der Waals surface area contributed by atoms with Gasteiger partial charge >= 0.3 is 12.0 Å². The Morgan fingerprint density at radius 2 is 1.93 bits per heavy atom. The van der Waals surface area contributed by atoms with Crippen LogP contribution < -0.4 is 5.32 Å². The van der Waals surface area contributed by atoms with Crippen LogP contribution in [0.15, 0.2) is 24.3 Å². The minimum absolute atomic E-state index is 0.0767. The van der Waals surface area contributed by atoms with Crippen LogP contribution in [0.5, 0.6) is 0 Å². The number of likely N-dealkylation sites (tertiary alicyclic amines) is 2. The molecule has 148 valence electrons. The maximum atomic E-state index is 12.5. The molecule has 2 heterocycles. The number of piperidine rings is 2. The third-order valence-electron chi connectivity index (χ3n) is 5.64. The van der Waals surface area contributed by atoms with Crippen LogP contribution in [0.25, 0.3) is 0 Å². The number of halogens is 1. The van der Waals surface area contributed by atoms with Crippen LogP contribution in [0.2, 0.25) is 5.02 Å². The van der Waals surface area contributed by atoms with Gasteiger partial charge in [-0.15, -0.1) is 0 Å². The Morgan fingerprint density at radius 3 is 2.63 bits per heavy atom. The number of hydrogen-bond donors (Lipinski definition) is 2. The van der Waals surface area contributed by atoms with E-state index in [4.69, 9.17) is 16.7 Å². The predicted molar refractivity (Wildman–Crippen MR) is 105 cm³/mol. The molecule has 2 saturated heterocycles. The van der Waals surface area contributed by atoms with E-state index in [9.17, 15) is 9.59 Å². The van der Waals surface area contributed by atoms with Gasteiger partial charge in [-0.1, -0.05) is 30.2 Å². The van der Waals surface area contributed by atoms with Crippen LogP contribution in [0.1, 0.15) is 37.7 Å². The Bertz CT molecular complexity index is 662. The van der Waals surface area contributed by atoms with Gasteiger partial charge in [0.25, 0.3) is 0 Å². The van der Waals surface area contributed by atoms with Gasteiger partial charge in [-0.25, -0.2) is 4.79 Å². The van der Waals surface area contributed by atoms with E-state index in [-0.39, 0.29) is 11.9 Å². The normalized spacial score (nSPS) is 21.8. The van der Waals surface area contributed by atoms with Crippen LogP contribution in [-0.2, 0) is 11.3 Å². The number of amides is 2. The van der Waals surface area contributed by atoms with Crippen molar-refractivity contribution >= 4 is 23.6 Å². The van der Waals surface area contributed by atoms with E-state index in [1.165, 1.54) is 18.4 Å². The fraction of sp³-hybridized carbons (Fsp3) is 0.600. The van der Waals surface area contributed by atoms with Gasteiger partial charge in [0.05, 0.1) is 5.92 Å². The number of urea groups is 1. The van der Waals surface area contributed by atoms with Crippen molar-refractivity contribution in [3.63, 3.8) is 0 Å². The summed E-state index contributed by atoms with van der Waals surface area (Å²) in [6, 6.07) is 8.18. The van der Waals surface area contributed by atoms with Crippen molar-refractivity contribution in [1.82, 2.24) is 15.1 Å². The number of carboxylic acids is 1. The molecule has 3 rings (SSSR count). The summed E-state index contributed by atoms with van der Waals surface area (Å²) >= 11 is 6.10. The smallest absolute Gasteiger partial charge is 0.317 e.